The fourth-order valence-corrected chi connectivity index (χ4v) is 3.28. The van der Waals surface area contributed by atoms with Gasteiger partial charge in [0, 0.05) is 18.3 Å². The fourth-order valence-electron chi connectivity index (χ4n) is 3.28. The van der Waals surface area contributed by atoms with Gasteiger partial charge in [0.25, 0.3) is 0 Å². The van der Waals surface area contributed by atoms with Crippen LogP contribution < -0.4 is 27.4 Å². The van der Waals surface area contributed by atoms with Gasteiger partial charge in [0.15, 0.2) is 6.04 Å². The number of carbonyl (C=O) groups is 4. The summed E-state index contributed by atoms with van der Waals surface area (Å²) in [5.41, 5.74) is 12.1. The van der Waals surface area contributed by atoms with Crippen LogP contribution in [0.5, 0.6) is 0 Å². The lowest BCUT2D eigenvalue weighted by Gasteiger charge is -2.26. The van der Waals surface area contributed by atoms with Crippen LogP contribution in [-0.2, 0) is 25.6 Å². The van der Waals surface area contributed by atoms with Crippen LogP contribution in [0.4, 0.5) is 0 Å². The van der Waals surface area contributed by atoms with Crippen LogP contribution in [0.25, 0.3) is 0 Å². The van der Waals surface area contributed by atoms with Gasteiger partial charge < -0.3 is 42.6 Å². The third-order valence-electron chi connectivity index (χ3n) is 5.80. The lowest BCUT2D eigenvalue weighted by molar-refractivity contribution is -0.145. The number of rotatable bonds is 16. The highest BCUT2D eigenvalue weighted by atomic mass is 16.4. The maximum absolute atomic E-state index is 13.2. The van der Waals surface area contributed by atoms with E-state index in [-0.39, 0.29) is 18.8 Å². The first kappa shape index (κ1) is 30.0. The van der Waals surface area contributed by atoms with E-state index in [0.717, 1.165) is 0 Å². The number of nitrogens with one attached hydrogen (secondary N) is 4. The predicted molar refractivity (Wildman–Crippen MR) is 128 cm³/mol. The molecule has 0 aliphatic heterocycles. The van der Waals surface area contributed by atoms with Crippen molar-refractivity contribution in [1.29, 1.82) is 0 Å². The van der Waals surface area contributed by atoms with Gasteiger partial charge in [-0.15, -0.1) is 0 Å². The second-order valence-corrected chi connectivity index (χ2v) is 8.66. The Balaban J connectivity index is 3.07. The van der Waals surface area contributed by atoms with Crippen LogP contribution in [-0.4, -0.2) is 80.7 Å². The molecule has 0 spiro atoms. The van der Waals surface area contributed by atoms with Gasteiger partial charge in [-0.3, -0.25) is 14.4 Å². The zero-order valence-electron chi connectivity index (χ0n) is 20.5. The standard InChI is InChI=1S/C22H39N7O6/c1-4-12(2)17(24)21(33)27-15(7-5-6-8-23)19(31)28-16(9-14-10-25-11-26-14)20(32)29-18(13(3)30)22(34)35/h10-13,15-18,30H,4-9,23-24H2,1-3H3,(H,25,26)(H,27,33)(H,28,31)(H,29,32)(H,34,35). The Kier molecular flexibility index (Phi) is 12.9. The van der Waals surface area contributed by atoms with Gasteiger partial charge >= 0.3 is 5.97 Å². The number of H-pyrrole nitrogens is 1. The molecule has 0 saturated heterocycles. The summed E-state index contributed by atoms with van der Waals surface area (Å²) in [5.74, 6) is -3.46. The van der Waals surface area contributed by atoms with E-state index in [2.05, 4.69) is 25.9 Å². The number of amides is 3. The molecule has 10 N–H and O–H groups in total. The number of aromatic nitrogens is 2. The summed E-state index contributed by atoms with van der Waals surface area (Å²) >= 11 is 0. The number of aliphatic hydroxyl groups is 1. The van der Waals surface area contributed by atoms with Gasteiger partial charge in [-0.1, -0.05) is 20.3 Å². The van der Waals surface area contributed by atoms with Gasteiger partial charge in [0.1, 0.15) is 12.1 Å². The summed E-state index contributed by atoms with van der Waals surface area (Å²) < 4.78 is 0. The summed E-state index contributed by atoms with van der Waals surface area (Å²) in [6.45, 7) is 5.37. The maximum atomic E-state index is 13.2. The number of hydrogen-bond acceptors (Lipinski definition) is 8. The van der Waals surface area contributed by atoms with Gasteiger partial charge in [-0.2, -0.15) is 0 Å². The first-order valence-electron chi connectivity index (χ1n) is 11.8. The van der Waals surface area contributed by atoms with E-state index in [0.29, 0.717) is 31.5 Å². The normalized spacial score (nSPS) is 16.3. The maximum Gasteiger partial charge on any atom is 0.328 e. The third kappa shape index (κ3) is 10.0. The Morgan fingerprint density at radius 2 is 1.69 bits per heavy atom. The minimum Gasteiger partial charge on any atom is -0.480 e. The van der Waals surface area contributed by atoms with E-state index in [1.165, 1.54) is 19.4 Å². The molecule has 1 aromatic rings. The molecule has 1 rings (SSSR count). The van der Waals surface area contributed by atoms with Crippen LogP contribution in [0.2, 0.25) is 0 Å². The molecule has 198 valence electrons. The zero-order chi connectivity index (χ0) is 26.5. The Hall–Kier alpha value is -3.03. The Morgan fingerprint density at radius 3 is 2.20 bits per heavy atom. The summed E-state index contributed by atoms with van der Waals surface area (Å²) in [6.07, 6.45) is 3.59. The minimum absolute atomic E-state index is 0.0282. The van der Waals surface area contributed by atoms with Crippen molar-refractivity contribution in [2.45, 2.75) is 83.1 Å². The number of nitrogens with two attached hydrogens (primary N) is 2. The number of nitrogens with zero attached hydrogens (tertiary/aromatic N) is 1. The van der Waals surface area contributed by atoms with Gasteiger partial charge in [-0.05, 0) is 38.6 Å². The van der Waals surface area contributed by atoms with Crippen molar-refractivity contribution in [3.05, 3.63) is 18.2 Å². The largest absolute Gasteiger partial charge is 0.480 e. The van der Waals surface area contributed by atoms with E-state index in [1.807, 2.05) is 13.8 Å². The van der Waals surface area contributed by atoms with Crippen molar-refractivity contribution >= 4 is 23.7 Å². The summed E-state index contributed by atoms with van der Waals surface area (Å²) in [6, 6.07) is -4.57. The molecule has 35 heavy (non-hydrogen) atoms. The molecule has 0 radical (unpaired) electrons. The van der Waals surface area contributed by atoms with Gasteiger partial charge in [-0.25, -0.2) is 9.78 Å². The van der Waals surface area contributed by atoms with E-state index < -0.39 is 54.0 Å². The highest BCUT2D eigenvalue weighted by Crippen LogP contribution is 2.09. The molecule has 3 amide bonds. The molecule has 13 nitrogen and oxygen atoms in total. The van der Waals surface area contributed by atoms with Crippen LogP contribution >= 0.6 is 0 Å². The van der Waals surface area contributed by atoms with Crippen molar-refractivity contribution in [3.63, 3.8) is 0 Å². The number of imidazole rings is 1. The van der Waals surface area contributed by atoms with Crippen LogP contribution in [0.3, 0.4) is 0 Å². The van der Waals surface area contributed by atoms with E-state index in [9.17, 15) is 29.4 Å². The first-order chi connectivity index (χ1) is 16.5. The van der Waals surface area contributed by atoms with Crippen molar-refractivity contribution in [2.24, 2.45) is 17.4 Å². The molecule has 0 bridgehead atoms. The molecule has 1 heterocycles. The number of carboxylic acids is 1. The molecule has 0 aromatic carbocycles. The molecule has 0 aliphatic carbocycles. The summed E-state index contributed by atoms with van der Waals surface area (Å²) in [7, 11) is 0. The lowest BCUT2D eigenvalue weighted by Crippen LogP contribution is -2.59. The van der Waals surface area contributed by atoms with Gasteiger partial charge in [0.2, 0.25) is 17.7 Å². The summed E-state index contributed by atoms with van der Waals surface area (Å²) in [5, 5.41) is 26.5. The molecule has 0 aliphatic rings. The number of carboxylic acid groups (broad SMARTS) is 1. The number of unbranched alkanes of at least 4 members (excludes halogenated alkanes) is 1. The molecule has 1 aromatic heterocycles. The number of aromatic amines is 1. The van der Waals surface area contributed by atoms with E-state index in [4.69, 9.17) is 11.5 Å². The molecular weight excluding hydrogens is 458 g/mol. The molecule has 0 saturated carbocycles. The average Bonchev–Trinajstić information content (AvgIpc) is 3.32. The Labute approximate surface area is 204 Å². The monoisotopic (exact) mass is 497 g/mol. The van der Waals surface area contributed by atoms with Crippen molar-refractivity contribution in [2.75, 3.05) is 6.54 Å². The molecule has 13 heteroatoms. The highest BCUT2D eigenvalue weighted by Gasteiger charge is 2.32. The Bertz CT molecular complexity index is 817. The summed E-state index contributed by atoms with van der Waals surface area (Å²) in [4.78, 5) is 56.8. The lowest BCUT2D eigenvalue weighted by atomic mass is 9.98. The third-order valence-corrected chi connectivity index (χ3v) is 5.80. The van der Waals surface area contributed by atoms with Crippen molar-refractivity contribution < 1.29 is 29.4 Å². The minimum atomic E-state index is -1.57. The first-order valence-corrected chi connectivity index (χ1v) is 11.8. The number of carbonyl (C=O) groups excluding carboxylic acids is 3. The number of hydrogen-bond donors (Lipinski definition) is 8. The van der Waals surface area contributed by atoms with Crippen molar-refractivity contribution in [3.8, 4) is 0 Å². The molecule has 6 unspecified atom stereocenters. The second kappa shape index (κ2) is 15.1. The quantitative estimate of drug-likeness (QED) is 0.123. The average molecular weight is 498 g/mol. The van der Waals surface area contributed by atoms with Crippen LogP contribution in [0.15, 0.2) is 12.5 Å². The fraction of sp³-hybridized carbons (Fsp3) is 0.682. The number of aliphatic hydroxyl groups excluding tert-OH is 1. The second-order valence-electron chi connectivity index (χ2n) is 8.66. The van der Waals surface area contributed by atoms with Crippen molar-refractivity contribution in [1.82, 2.24) is 25.9 Å². The molecule has 0 fully saturated rings. The number of aliphatic carboxylic acids is 1. The smallest absolute Gasteiger partial charge is 0.328 e. The van der Waals surface area contributed by atoms with E-state index in [1.54, 1.807) is 0 Å². The topological polar surface area (TPSA) is 226 Å². The SMILES string of the molecule is CCC(C)C(N)C(=O)NC(CCCCN)C(=O)NC(Cc1cnc[nH]1)C(=O)NC(C(=O)O)C(C)O. The van der Waals surface area contributed by atoms with E-state index >= 15 is 0 Å². The van der Waals surface area contributed by atoms with Crippen LogP contribution in [0.1, 0.15) is 52.1 Å². The zero-order valence-corrected chi connectivity index (χ0v) is 20.5. The molecule has 6 atom stereocenters. The Morgan fingerprint density at radius 1 is 1.06 bits per heavy atom. The predicted octanol–water partition coefficient (Wildman–Crippen LogP) is -1.63. The van der Waals surface area contributed by atoms with Crippen LogP contribution in [0, 0.1) is 5.92 Å². The highest BCUT2D eigenvalue weighted by molar-refractivity contribution is 5.94. The molecular formula is C22H39N7O6. The van der Waals surface area contributed by atoms with Gasteiger partial charge in [0.05, 0.1) is 18.5 Å².